The molecule has 0 radical (unpaired) electrons. The predicted octanol–water partition coefficient (Wildman–Crippen LogP) is 1.70. The van der Waals surface area contributed by atoms with Gasteiger partial charge in [0.05, 0.1) is 0 Å². The number of aryl methyl sites for hydroxylation is 2. The van der Waals surface area contributed by atoms with E-state index in [-0.39, 0.29) is 0 Å². The molecule has 6 nitrogen and oxygen atoms in total. The van der Waals surface area contributed by atoms with Gasteiger partial charge in [0.1, 0.15) is 11.5 Å². The quantitative estimate of drug-likeness (QED) is 0.431. The molecule has 3 rings (SSSR count). The first kappa shape index (κ1) is 18.7. The van der Waals surface area contributed by atoms with Crippen LogP contribution >= 0.6 is 0 Å². The molecule has 0 unspecified atom stereocenters. The Morgan fingerprint density at radius 3 is 1.12 bits per heavy atom. The third-order valence-electron chi connectivity index (χ3n) is 4.59. The second-order valence-corrected chi connectivity index (χ2v) is 6.92. The Morgan fingerprint density at radius 1 is 0.577 bits per heavy atom. The van der Waals surface area contributed by atoms with Crippen LogP contribution in [0.1, 0.15) is 33.4 Å². The highest BCUT2D eigenvalue weighted by molar-refractivity contribution is 5.44. The lowest BCUT2D eigenvalue weighted by atomic mass is 10.0. The van der Waals surface area contributed by atoms with Gasteiger partial charge in [0, 0.05) is 61.8 Å². The number of aromatic hydroxyl groups is 2. The van der Waals surface area contributed by atoms with Gasteiger partial charge in [-0.3, -0.25) is 0 Å². The largest absolute Gasteiger partial charge is 0.507 e. The van der Waals surface area contributed by atoms with Crippen LogP contribution in [0.5, 0.6) is 11.5 Å². The smallest absolute Gasteiger partial charge is 0.124 e. The van der Waals surface area contributed by atoms with E-state index in [1.165, 1.54) is 0 Å². The molecule has 2 aromatic rings. The summed E-state index contributed by atoms with van der Waals surface area (Å²) in [6.07, 6.45) is 0. The third-order valence-corrected chi connectivity index (χ3v) is 4.59. The van der Waals surface area contributed by atoms with E-state index in [9.17, 15) is 10.2 Å². The van der Waals surface area contributed by atoms with E-state index < -0.39 is 0 Å². The van der Waals surface area contributed by atoms with Gasteiger partial charge in [-0.15, -0.1) is 0 Å². The summed E-state index contributed by atoms with van der Waals surface area (Å²) in [7, 11) is 0. The first-order chi connectivity index (χ1) is 12.5. The summed E-state index contributed by atoms with van der Waals surface area (Å²) in [5, 5.41) is 34.2. The van der Waals surface area contributed by atoms with Crippen LogP contribution in [0.2, 0.25) is 0 Å². The number of fused-ring (bicyclic) bond motifs is 4. The van der Waals surface area contributed by atoms with E-state index in [1.54, 1.807) is 0 Å². The van der Waals surface area contributed by atoms with E-state index in [1.807, 2.05) is 38.1 Å². The lowest BCUT2D eigenvalue weighted by Gasteiger charge is -2.16. The van der Waals surface area contributed by atoms with Gasteiger partial charge in [-0.2, -0.15) is 0 Å². The maximum atomic E-state index is 10.5. The Labute approximate surface area is 154 Å². The van der Waals surface area contributed by atoms with Crippen molar-refractivity contribution in [1.29, 1.82) is 0 Å². The van der Waals surface area contributed by atoms with Gasteiger partial charge in [0.25, 0.3) is 0 Å². The van der Waals surface area contributed by atoms with Crippen molar-refractivity contribution in [3.05, 3.63) is 57.6 Å². The van der Waals surface area contributed by atoms with Crippen LogP contribution < -0.4 is 21.3 Å². The molecule has 1 aliphatic heterocycles. The molecule has 0 aromatic heterocycles. The second kappa shape index (κ2) is 8.51. The first-order valence-electron chi connectivity index (χ1n) is 9.00. The summed E-state index contributed by atoms with van der Waals surface area (Å²) in [6.45, 7) is 7.57. The molecule has 6 N–H and O–H groups in total. The molecule has 6 heteroatoms. The minimum atomic E-state index is 0.348. The molecule has 1 heterocycles. The van der Waals surface area contributed by atoms with Crippen molar-refractivity contribution in [2.75, 3.05) is 13.3 Å². The summed E-state index contributed by atoms with van der Waals surface area (Å²) in [6, 6.07) is 8.02. The van der Waals surface area contributed by atoms with Crippen molar-refractivity contribution in [2.24, 2.45) is 0 Å². The van der Waals surface area contributed by atoms with Crippen LogP contribution in [-0.4, -0.2) is 23.6 Å². The normalized spacial score (nSPS) is 16.4. The molecule has 1 aliphatic rings. The highest BCUT2D eigenvalue weighted by atomic mass is 16.3. The van der Waals surface area contributed by atoms with Gasteiger partial charge in [-0.25, -0.2) is 0 Å². The average Bonchev–Trinajstić information content (AvgIpc) is 2.60. The van der Waals surface area contributed by atoms with Crippen molar-refractivity contribution in [3.8, 4) is 11.5 Å². The molecule has 0 aliphatic carbocycles. The number of hydrogen-bond acceptors (Lipinski definition) is 6. The van der Waals surface area contributed by atoms with Crippen LogP contribution in [-0.2, 0) is 26.2 Å². The SMILES string of the molecule is Cc1cc2c(O)c(c1)CNCNCc1cc(C)cc(c1O)CNCNC2. The Hall–Kier alpha value is -2.12. The Balaban J connectivity index is 1.78. The summed E-state index contributed by atoms with van der Waals surface area (Å²) >= 11 is 0. The van der Waals surface area contributed by atoms with Gasteiger partial charge < -0.3 is 31.5 Å². The van der Waals surface area contributed by atoms with Gasteiger partial charge >= 0.3 is 0 Å². The van der Waals surface area contributed by atoms with Crippen LogP contribution in [0.3, 0.4) is 0 Å². The minimum absolute atomic E-state index is 0.348. The van der Waals surface area contributed by atoms with Crippen molar-refractivity contribution in [1.82, 2.24) is 21.3 Å². The zero-order valence-electron chi connectivity index (χ0n) is 15.4. The number of nitrogens with one attached hydrogen (secondary N) is 4. The molecule has 0 fully saturated rings. The number of phenols is 2. The minimum Gasteiger partial charge on any atom is -0.507 e. The highest BCUT2D eigenvalue weighted by Crippen LogP contribution is 2.26. The molecule has 140 valence electrons. The molecular formula is C20H28N4O2. The topological polar surface area (TPSA) is 88.6 Å². The first-order valence-corrected chi connectivity index (χ1v) is 9.00. The molecule has 0 atom stereocenters. The van der Waals surface area contributed by atoms with E-state index in [0.717, 1.165) is 33.4 Å². The van der Waals surface area contributed by atoms with Crippen LogP contribution in [0, 0.1) is 13.8 Å². The lowest BCUT2D eigenvalue weighted by Crippen LogP contribution is -2.30. The molecule has 0 saturated carbocycles. The van der Waals surface area contributed by atoms with Crippen LogP contribution in [0.4, 0.5) is 0 Å². The molecule has 0 spiro atoms. The predicted molar refractivity (Wildman–Crippen MR) is 103 cm³/mol. The number of benzene rings is 2. The number of rotatable bonds is 0. The standard InChI is InChI=1S/C20H28N4O2/c1-13-3-15-7-21-11-23-9-17-5-14(2)6-18(20(17)26)10-24-12-22-8-16(4-13)19(15)25/h3-6,21-26H,7-12H2,1-2H3. The summed E-state index contributed by atoms with van der Waals surface area (Å²) in [5.74, 6) is 0.697. The zero-order chi connectivity index (χ0) is 18.5. The van der Waals surface area contributed by atoms with Crippen molar-refractivity contribution >= 4 is 0 Å². The average molecular weight is 356 g/mol. The fraction of sp³-hybridized carbons (Fsp3) is 0.400. The lowest BCUT2D eigenvalue weighted by molar-refractivity contribution is 0.442. The van der Waals surface area contributed by atoms with E-state index in [4.69, 9.17) is 0 Å². The zero-order valence-corrected chi connectivity index (χ0v) is 15.4. The summed E-state index contributed by atoms with van der Waals surface area (Å²) in [5.41, 5.74) is 5.84. The maximum absolute atomic E-state index is 10.5. The van der Waals surface area contributed by atoms with Crippen molar-refractivity contribution in [2.45, 2.75) is 40.0 Å². The van der Waals surface area contributed by atoms with Crippen LogP contribution in [0.15, 0.2) is 24.3 Å². The number of phenolic OH excluding ortho intramolecular Hbond substituents is 2. The van der Waals surface area contributed by atoms with Crippen molar-refractivity contribution in [3.63, 3.8) is 0 Å². The Morgan fingerprint density at radius 2 is 0.846 bits per heavy atom. The molecule has 4 bridgehead atoms. The maximum Gasteiger partial charge on any atom is 0.124 e. The van der Waals surface area contributed by atoms with Crippen LogP contribution in [0.25, 0.3) is 0 Å². The van der Waals surface area contributed by atoms with Gasteiger partial charge in [-0.05, 0) is 13.8 Å². The second-order valence-electron chi connectivity index (χ2n) is 6.92. The molecule has 0 amide bonds. The molecule has 26 heavy (non-hydrogen) atoms. The number of hydrogen-bond donors (Lipinski definition) is 6. The fourth-order valence-electron chi connectivity index (χ4n) is 3.37. The van der Waals surface area contributed by atoms with Gasteiger partial charge in [0.15, 0.2) is 0 Å². The summed E-state index contributed by atoms with van der Waals surface area (Å²) < 4.78 is 0. The van der Waals surface area contributed by atoms with Gasteiger partial charge in [-0.1, -0.05) is 35.4 Å². The van der Waals surface area contributed by atoms with Crippen molar-refractivity contribution < 1.29 is 10.2 Å². The Bertz CT molecular complexity index is 657. The third kappa shape index (κ3) is 4.53. The monoisotopic (exact) mass is 356 g/mol. The van der Waals surface area contributed by atoms with Gasteiger partial charge in [0.2, 0.25) is 0 Å². The van der Waals surface area contributed by atoms with E-state index in [2.05, 4.69) is 21.3 Å². The fourth-order valence-corrected chi connectivity index (χ4v) is 3.37. The summed E-state index contributed by atoms with van der Waals surface area (Å²) in [4.78, 5) is 0. The van der Waals surface area contributed by atoms with E-state index in [0.29, 0.717) is 51.0 Å². The van der Waals surface area contributed by atoms with E-state index >= 15 is 0 Å². The molecular weight excluding hydrogens is 328 g/mol. The Kier molecular flexibility index (Phi) is 6.11. The highest BCUT2D eigenvalue weighted by Gasteiger charge is 2.11. The molecule has 2 aromatic carbocycles. The molecule has 0 saturated heterocycles.